The number of carbonyl (C=O) groups excluding carboxylic acids is 2. The summed E-state index contributed by atoms with van der Waals surface area (Å²) >= 11 is 0. The molecule has 160 valence electrons. The Bertz CT molecular complexity index is 985. The number of aliphatic hydroxyl groups is 2. The predicted octanol–water partition coefficient (Wildman–Crippen LogP) is 0.261. The van der Waals surface area contributed by atoms with Gasteiger partial charge in [0.15, 0.2) is 11.9 Å². The highest BCUT2D eigenvalue weighted by atomic mass is 16.6. The van der Waals surface area contributed by atoms with Crippen LogP contribution in [0.15, 0.2) is 18.5 Å². The molecule has 0 radical (unpaired) electrons. The Balaban J connectivity index is 2.04. The first kappa shape index (κ1) is 21.6. The molecule has 0 unspecified atom stereocenters. The minimum Gasteiger partial charge on any atom is -0.457 e. The van der Waals surface area contributed by atoms with Gasteiger partial charge in [0.05, 0.1) is 12.3 Å². The van der Waals surface area contributed by atoms with Crippen molar-refractivity contribution < 1.29 is 29.3 Å². The number of carbonyl (C=O) groups is 2. The average Bonchev–Trinajstić information content (AvgIpc) is 3.29. The van der Waals surface area contributed by atoms with E-state index in [-0.39, 0.29) is 23.8 Å². The van der Waals surface area contributed by atoms with E-state index < -0.39 is 36.5 Å². The third-order valence-corrected chi connectivity index (χ3v) is 4.90. The predicted molar refractivity (Wildman–Crippen MR) is 102 cm³/mol. The number of ether oxygens (including phenoxy) is 2. The summed E-state index contributed by atoms with van der Waals surface area (Å²) in [5.74, 6) is -0.582. The number of fused-ring (bicyclic) bond motifs is 1. The lowest BCUT2D eigenvalue weighted by Crippen LogP contribution is -2.43. The average molecular weight is 417 g/mol. The van der Waals surface area contributed by atoms with Gasteiger partial charge < -0.3 is 25.0 Å². The second-order valence-electron chi connectivity index (χ2n) is 6.86. The summed E-state index contributed by atoms with van der Waals surface area (Å²) in [7, 11) is 0. The Morgan fingerprint density at radius 1 is 1.43 bits per heavy atom. The molecule has 1 aliphatic rings. The zero-order chi connectivity index (χ0) is 21.9. The number of hydrogen-bond donors (Lipinski definition) is 3. The van der Waals surface area contributed by atoms with Crippen LogP contribution in [0.1, 0.15) is 38.8 Å². The monoisotopic (exact) mass is 417 g/mol. The lowest BCUT2D eigenvalue weighted by Gasteiger charge is -2.24. The number of nitriles is 1. The van der Waals surface area contributed by atoms with Crippen molar-refractivity contribution in [3.05, 3.63) is 24.2 Å². The van der Waals surface area contributed by atoms with Crippen LogP contribution in [0.25, 0.3) is 5.52 Å². The van der Waals surface area contributed by atoms with Gasteiger partial charge in [0, 0.05) is 12.8 Å². The van der Waals surface area contributed by atoms with Crippen molar-refractivity contribution in [1.82, 2.24) is 14.6 Å². The minimum absolute atomic E-state index is 0.0586. The van der Waals surface area contributed by atoms with Crippen molar-refractivity contribution in [3.8, 4) is 6.07 Å². The molecule has 4 atom stereocenters. The molecule has 30 heavy (non-hydrogen) atoms. The summed E-state index contributed by atoms with van der Waals surface area (Å²) in [6.07, 6.45) is -1.69. The molecule has 11 nitrogen and oxygen atoms in total. The van der Waals surface area contributed by atoms with Crippen LogP contribution in [0.2, 0.25) is 0 Å². The van der Waals surface area contributed by atoms with E-state index in [0.717, 1.165) is 0 Å². The van der Waals surface area contributed by atoms with E-state index in [0.29, 0.717) is 18.4 Å². The van der Waals surface area contributed by atoms with Gasteiger partial charge in [-0.3, -0.25) is 9.59 Å². The van der Waals surface area contributed by atoms with Crippen molar-refractivity contribution in [1.29, 1.82) is 5.26 Å². The smallest absolute Gasteiger partial charge is 0.305 e. The van der Waals surface area contributed by atoms with Gasteiger partial charge in [-0.05, 0) is 18.6 Å². The maximum absolute atomic E-state index is 12.0. The van der Waals surface area contributed by atoms with Crippen LogP contribution in [-0.2, 0) is 24.7 Å². The van der Waals surface area contributed by atoms with Crippen molar-refractivity contribution in [3.63, 3.8) is 0 Å². The Kier molecular flexibility index (Phi) is 6.31. The number of esters is 1. The number of aliphatic hydroxyl groups excluding tert-OH is 2. The molecule has 3 rings (SSSR count). The van der Waals surface area contributed by atoms with Gasteiger partial charge in [-0.2, -0.15) is 10.4 Å². The Hall–Kier alpha value is -3.07. The minimum atomic E-state index is -1.96. The van der Waals surface area contributed by atoms with E-state index in [1.165, 1.54) is 16.9 Å². The van der Waals surface area contributed by atoms with Crippen LogP contribution in [-0.4, -0.2) is 61.6 Å². The first-order chi connectivity index (χ1) is 14.4. The number of aromatic nitrogens is 3. The fourth-order valence-electron chi connectivity index (χ4n) is 3.42. The third kappa shape index (κ3) is 3.60. The molecular weight excluding hydrogens is 394 g/mol. The van der Waals surface area contributed by atoms with E-state index in [1.54, 1.807) is 13.0 Å². The Morgan fingerprint density at radius 3 is 2.83 bits per heavy atom. The van der Waals surface area contributed by atoms with E-state index in [1.807, 2.05) is 13.0 Å². The molecule has 0 saturated carbocycles. The molecular formula is C19H23N5O6. The fraction of sp³-hybridized carbons (Fsp3) is 0.526. The Labute approximate surface area is 172 Å². The summed E-state index contributed by atoms with van der Waals surface area (Å²) in [6, 6.07) is 5.02. The number of hydrogen-bond acceptors (Lipinski definition) is 9. The zero-order valence-corrected chi connectivity index (χ0v) is 16.6. The van der Waals surface area contributed by atoms with Gasteiger partial charge >= 0.3 is 5.97 Å². The van der Waals surface area contributed by atoms with Gasteiger partial charge in [0.2, 0.25) is 11.5 Å². The van der Waals surface area contributed by atoms with Crippen molar-refractivity contribution in [2.75, 3.05) is 11.9 Å². The highest BCUT2D eigenvalue weighted by molar-refractivity contribution is 5.93. The van der Waals surface area contributed by atoms with Crippen LogP contribution < -0.4 is 5.32 Å². The molecule has 0 bridgehead atoms. The second-order valence-corrected chi connectivity index (χ2v) is 6.86. The number of rotatable bonds is 7. The topological polar surface area (TPSA) is 159 Å². The molecule has 2 aromatic heterocycles. The van der Waals surface area contributed by atoms with Crippen molar-refractivity contribution in [2.45, 2.75) is 57.0 Å². The maximum atomic E-state index is 12.0. The summed E-state index contributed by atoms with van der Waals surface area (Å²) in [4.78, 5) is 27.8. The van der Waals surface area contributed by atoms with Gasteiger partial charge in [-0.15, -0.1) is 0 Å². The van der Waals surface area contributed by atoms with E-state index in [9.17, 15) is 25.1 Å². The Morgan fingerprint density at radius 2 is 2.20 bits per heavy atom. The SMILES string of the molecule is CCCC(=O)Nc1ncnn2c([C@]3(C#N)O[C@H](CO)[C@@H](OC(=O)CC)[C@H]3O)ccc12. The highest BCUT2D eigenvalue weighted by Gasteiger charge is 2.59. The van der Waals surface area contributed by atoms with E-state index in [4.69, 9.17) is 9.47 Å². The number of amides is 1. The van der Waals surface area contributed by atoms with Crippen LogP contribution in [0.4, 0.5) is 5.82 Å². The number of nitrogens with one attached hydrogen (secondary N) is 1. The lowest BCUT2D eigenvalue weighted by atomic mass is 9.92. The summed E-state index contributed by atoms with van der Waals surface area (Å²) < 4.78 is 12.3. The maximum Gasteiger partial charge on any atom is 0.305 e. The molecule has 3 N–H and O–H groups in total. The van der Waals surface area contributed by atoms with Gasteiger partial charge in [-0.1, -0.05) is 13.8 Å². The standard InChI is InChI=1S/C19H23N5O6/c1-3-5-14(26)23-18-11-6-7-13(24(11)22-10-21-18)19(9-20)17(28)16(12(8-25)30-19)29-15(27)4-2/h6-7,10,12,16-17,25,28H,3-5,8H2,1-2H3,(H,21,22,23,26)/t12-,16-,17-,19+/m1/s1. The van der Waals surface area contributed by atoms with Crippen LogP contribution in [0.3, 0.4) is 0 Å². The summed E-state index contributed by atoms with van der Waals surface area (Å²) in [5, 5.41) is 37.3. The normalized spacial score (nSPS) is 25.8. The molecule has 1 amide bonds. The lowest BCUT2D eigenvalue weighted by molar-refractivity contribution is -0.156. The molecule has 3 heterocycles. The molecule has 1 aliphatic heterocycles. The van der Waals surface area contributed by atoms with Crippen molar-refractivity contribution in [2.24, 2.45) is 0 Å². The fourth-order valence-corrected chi connectivity index (χ4v) is 3.42. The second kappa shape index (κ2) is 8.74. The van der Waals surface area contributed by atoms with Crippen LogP contribution >= 0.6 is 0 Å². The van der Waals surface area contributed by atoms with Crippen LogP contribution in [0.5, 0.6) is 0 Å². The summed E-state index contributed by atoms with van der Waals surface area (Å²) in [6.45, 7) is 2.89. The molecule has 0 spiro atoms. The largest absolute Gasteiger partial charge is 0.457 e. The van der Waals surface area contributed by atoms with E-state index >= 15 is 0 Å². The molecule has 0 aromatic carbocycles. The molecule has 2 aromatic rings. The first-order valence-electron chi connectivity index (χ1n) is 9.62. The van der Waals surface area contributed by atoms with Gasteiger partial charge in [0.1, 0.15) is 30.1 Å². The van der Waals surface area contributed by atoms with Gasteiger partial charge in [0.25, 0.3) is 0 Å². The van der Waals surface area contributed by atoms with E-state index in [2.05, 4.69) is 15.4 Å². The zero-order valence-electron chi connectivity index (χ0n) is 16.6. The molecule has 0 aliphatic carbocycles. The molecule has 11 heteroatoms. The van der Waals surface area contributed by atoms with Gasteiger partial charge in [-0.25, -0.2) is 9.50 Å². The molecule has 1 fully saturated rings. The van der Waals surface area contributed by atoms with Crippen LogP contribution in [0, 0.1) is 11.3 Å². The van der Waals surface area contributed by atoms with Crippen molar-refractivity contribution >= 4 is 23.2 Å². The summed E-state index contributed by atoms with van der Waals surface area (Å²) in [5.41, 5.74) is -1.43. The quantitative estimate of drug-likeness (QED) is 0.537. The first-order valence-corrected chi connectivity index (χ1v) is 9.62. The number of nitrogens with zero attached hydrogens (tertiary/aromatic N) is 4. The number of anilines is 1. The molecule has 1 saturated heterocycles. The highest BCUT2D eigenvalue weighted by Crippen LogP contribution is 2.41. The third-order valence-electron chi connectivity index (χ3n) is 4.90.